The van der Waals surface area contributed by atoms with E-state index >= 15 is 0 Å². The number of ketones is 1. The van der Waals surface area contributed by atoms with Crippen molar-refractivity contribution < 1.29 is 4.79 Å². The lowest BCUT2D eigenvalue weighted by Gasteiger charge is -2.25. The van der Waals surface area contributed by atoms with E-state index in [0.29, 0.717) is 6.04 Å². The van der Waals surface area contributed by atoms with Crippen LogP contribution in [-0.2, 0) is 6.42 Å². The molecule has 1 saturated carbocycles. The minimum atomic E-state index is 0.0503. The summed E-state index contributed by atoms with van der Waals surface area (Å²) in [6, 6.07) is 6.56. The van der Waals surface area contributed by atoms with Gasteiger partial charge in [0.15, 0.2) is 5.78 Å². The smallest absolute Gasteiger partial charge is 0.180 e. The van der Waals surface area contributed by atoms with Crippen molar-refractivity contribution in [2.24, 2.45) is 0 Å². The zero-order chi connectivity index (χ0) is 11.1. The Kier molecular flexibility index (Phi) is 2.60. The van der Waals surface area contributed by atoms with Crippen molar-refractivity contribution in [3.8, 4) is 0 Å². The van der Waals surface area contributed by atoms with Gasteiger partial charge in [-0.15, -0.1) is 0 Å². The van der Waals surface area contributed by atoms with Crippen molar-refractivity contribution in [3.05, 3.63) is 33.8 Å². The predicted molar refractivity (Wildman–Crippen MR) is 66.7 cm³/mol. The van der Waals surface area contributed by atoms with Gasteiger partial charge in [0.2, 0.25) is 0 Å². The van der Waals surface area contributed by atoms with E-state index in [9.17, 15) is 4.79 Å². The Labute approximate surface area is 104 Å². The molecule has 0 heterocycles. The Hall–Kier alpha value is -0.670. The van der Waals surface area contributed by atoms with Crippen molar-refractivity contribution in [2.45, 2.75) is 37.8 Å². The van der Waals surface area contributed by atoms with E-state index < -0.39 is 0 Å². The van der Waals surface area contributed by atoms with E-state index in [1.807, 2.05) is 18.2 Å². The van der Waals surface area contributed by atoms with Crippen LogP contribution in [0.25, 0.3) is 0 Å². The van der Waals surface area contributed by atoms with E-state index in [0.717, 1.165) is 22.9 Å². The zero-order valence-electron chi connectivity index (χ0n) is 9.00. The Balaban J connectivity index is 1.89. The van der Waals surface area contributed by atoms with Crippen LogP contribution in [-0.4, -0.2) is 17.9 Å². The molecule has 0 aliphatic heterocycles. The first kappa shape index (κ1) is 10.5. The van der Waals surface area contributed by atoms with Crippen LogP contribution in [0.1, 0.15) is 35.2 Å². The van der Waals surface area contributed by atoms with E-state index in [4.69, 9.17) is 0 Å². The summed E-state index contributed by atoms with van der Waals surface area (Å²) in [7, 11) is 0. The summed E-state index contributed by atoms with van der Waals surface area (Å²) in [5, 5.41) is 3.44. The fourth-order valence-electron chi connectivity index (χ4n) is 2.34. The van der Waals surface area contributed by atoms with Gasteiger partial charge in [-0.05, 0) is 37.3 Å². The fraction of sp³-hybridized carbons (Fsp3) is 0.462. The van der Waals surface area contributed by atoms with Crippen LogP contribution in [0.15, 0.2) is 22.7 Å². The Morgan fingerprint density at radius 3 is 2.81 bits per heavy atom. The first-order valence-corrected chi connectivity index (χ1v) is 6.62. The summed E-state index contributed by atoms with van der Waals surface area (Å²) < 4.78 is 1.07. The molecule has 1 N–H and O–H groups in total. The SMILES string of the molecule is O=C1c2cccc(Br)c2CCC1NC1CC1. The van der Waals surface area contributed by atoms with Gasteiger partial charge in [-0.25, -0.2) is 0 Å². The second-order valence-corrected chi connectivity index (χ2v) is 5.52. The number of fused-ring (bicyclic) bond motifs is 1. The quantitative estimate of drug-likeness (QED) is 0.902. The molecule has 3 heteroatoms. The summed E-state index contributed by atoms with van der Waals surface area (Å²) in [5.41, 5.74) is 2.08. The summed E-state index contributed by atoms with van der Waals surface area (Å²) in [4.78, 5) is 12.2. The number of benzene rings is 1. The number of carbonyl (C=O) groups excluding carboxylic acids is 1. The highest BCUT2D eigenvalue weighted by molar-refractivity contribution is 9.10. The van der Waals surface area contributed by atoms with Crippen LogP contribution in [0.4, 0.5) is 0 Å². The van der Waals surface area contributed by atoms with Gasteiger partial charge in [-0.2, -0.15) is 0 Å². The lowest BCUT2D eigenvalue weighted by atomic mass is 9.87. The third-order valence-electron chi connectivity index (χ3n) is 3.40. The van der Waals surface area contributed by atoms with E-state index in [-0.39, 0.29) is 11.8 Å². The summed E-state index contributed by atoms with van der Waals surface area (Å²) in [6.07, 6.45) is 4.39. The molecule has 1 unspecified atom stereocenters. The largest absolute Gasteiger partial charge is 0.304 e. The van der Waals surface area contributed by atoms with Gasteiger partial charge in [-0.3, -0.25) is 4.79 Å². The molecule has 0 aromatic heterocycles. The van der Waals surface area contributed by atoms with Crippen LogP contribution < -0.4 is 5.32 Å². The minimum Gasteiger partial charge on any atom is -0.304 e. The number of carbonyl (C=O) groups is 1. The molecule has 2 nitrogen and oxygen atoms in total. The fourth-order valence-corrected chi connectivity index (χ4v) is 2.91. The molecule has 0 saturated heterocycles. The molecule has 84 valence electrons. The van der Waals surface area contributed by atoms with Gasteiger partial charge in [-0.1, -0.05) is 28.1 Å². The number of hydrogen-bond donors (Lipinski definition) is 1. The Morgan fingerprint density at radius 1 is 1.25 bits per heavy atom. The van der Waals surface area contributed by atoms with Gasteiger partial charge in [0.05, 0.1) is 6.04 Å². The average Bonchev–Trinajstić information content (AvgIpc) is 3.07. The molecule has 3 rings (SSSR count). The third-order valence-corrected chi connectivity index (χ3v) is 4.14. The highest BCUT2D eigenvalue weighted by atomic mass is 79.9. The van der Waals surface area contributed by atoms with Gasteiger partial charge in [0.1, 0.15) is 0 Å². The highest BCUT2D eigenvalue weighted by Gasteiger charge is 2.32. The first-order valence-electron chi connectivity index (χ1n) is 5.83. The minimum absolute atomic E-state index is 0.0503. The molecule has 2 aliphatic carbocycles. The maximum atomic E-state index is 12.2. The second kappa shape index (κ2) is 3.97. The van der Waals surface area contributed by atoms with E-state index in [1.54, 1.807) is 0 Å². The maximum Gasteiger partial charge on any atom is 0.180 e. The average molecular weight is 280 g/mol. The molecule has 16 heavy (non-hydrogen) atoms. The normalized spacial score (nSPS) is 24.3. The van der Waals surface area contributed by atoms with E-state index in [2.05, 4.69) is 21.2 Å². The van der Waals surface area contributed by atoms with Crippen LogP contribution in [0.2, 0.25) is 0 Å². The number of rotatable bonds is 2. The number of Topliss-reactive ketones (excluding diaryl/α,β-unsaturated/α-hetero) is 1. The van der Waals surface area contributed by atoms with Crippen LogP contribution in [0.3, 0.4) is 0 Å². The van der Waals surface area contributed by atoms with Gasteiger partial charge in [0, 0.05) is 16.1 Å². The van der Waals surface area contributed by atoms with Crippen molar-refractivity contribution in [2.75, 3.05) is 0 Å². The molecule has 1 aromatic carbocycles. The van der Waals surface area contributed by atoms with Gasteiger partial charge < -0.3 is 5.32 Å². The third kappa shape index (κ3) is 1.82. The Bertz CT molecular complexity index is 440. The van der Waals surface area contributed by atoms with Crippen molar-refractivity contribution >= 4 is 21.7 Å². The van der Waals surface area contributed by atoms with Crippen LogP contribution >= 0.6 is 15.9 Å². The first-order chi connectivity index (χ1) is 7.75. The molecule has 1 atom stereocenters. The van der Waals surface area contributed by atoms with Crippen LogP contribution in [0.5, 0.6) is 0 Å². The highest BCUT2D eigenvalue weighted by Crippen LogP contribution is 2.29. The zero-order valence-corrected chi connectivity index (χ0v) is 10.6. The van der Waals surface area contributed by atoms with Crippen LogP contribution in [0, 0.1) is 0 Å². The monoisotopic (exact) mass is 279 g/mol. The van der Waals surface area contributed by atoms with E-state index in [1.165, 1.54) is 18.4 Å². The van der Waals surface area contributed by atoms with Gasteiger partial charge >= 0.3 is 0 Å². The molecular weight excluding hydrogens is 266 g/mol. The number of hydrogen-bond acceptors (Lipinski definition) is 2. The standard InChI is InChI=1S/C13H14BrNO/c14-11-3-1-2-10-9(11)6-7-12(13(10)16)15-8-4-5-8/h1-3,8,12,15H,4-7H2. The molecular formula is C13H14BrNO. The predicted octanol–water partition coefficient (Wildman–Crippen LogP) is 2.70. The molecule has 0 radical (unpaired) electrons. The summed E-state index contributed by atoms with van der Waals surface area (Å²) in [6.45, 7) is 0. The molecule has 0 bridgehead atoms. The summed E-state index contributed by atoms with van der Waals surface area (Å²) >= 11 is 3.52. The number of nitrogens with one attached hydrogen (secondary N) is 1. The van der Waals surface area contributed by atoms with Crippen molar-refractivity contribution in [1.29, 1.82) is 0 Å². The lowest BCUT2D eigenvalue weighted by Crippen LogP contribution is -2.41. The van der Waals surface area contributed by atoms with Crippen molar-refractivity contribution in [3.63, 3.8) is 0 Å². The molecule has 1 fully saturated rings. The maximum absolute atomic E-state index is 12.2. The molecule has 2 aliphatic rings. The molecule has 1 aromatic rings. The van der Waals surface area contributed by atoms with Gasteiger partial charge in [0.25, 0.3) is 0 Å². The summed E-state index contributed by atoms with van der Waals surface area (Å²) in [5.74, 6) is 0.273. The van der Waals surface area contributed by atoms with Crippen molar-refractivity contribution in [1.82, 2.24) is 5.32 Å². The topological polar surface area (TPSA) is 29.1 Å². The Morgan fingerprint density at radius 2 is 2.06 bits per heavy atom. The number of halogens is 1. The molecule has 0 amide bonds. The second-order valence-electron chi connectivity index (χ2n) is 4.66. The lowest BCUT2D eigenvalue weighted by molar-refractivity contribution is 0.0926. The molecule has 0 spiro atoms.